The highest BCUT2D eigenvalue weighted by Gasteiger charge is 2.38. The lowest BCUT2D eigenvalue weighted by molar-refractivity contribution is 0.402. The van der Waals surface area contributed by atoms with Crippen molar-refractivity contribution in [2.24, 2.45) is 5.41 Å². The molecule has 1 aromatic heterocycles. The fourth-order valence-corrected chi connectivity index (χ4v) is 2.65. The van der Waals surface area contributed by atoms with Gasteiger partial charge in [-0.1, -0.05) is 6.92 Å². The van der Waals surface area contributed by atoms with Crippen molar-refractivity contribution in [3.8, 4) is 0 Å². The summed E-state index contributed by atoms with van der Waals surface area (Å²) in [6.45, 7) is 3.08. The molecule has 2 N–H and O–H groups in total. The molecule has 0 spiro atoms. The van der Waals surface area contributed by atoms with Gasteiger partial charge in [0.05, 0.1) is 6.54 Å². The van der Waals surface area contributed by atoms with Crippen LogP contribution in [0.2, 0.25) is 0 Å². The van der Waals surface area contributed by atoms with Crippen LogP contribution in [0.25, 0.3) is 0 Å². The molecule has 1 saturated carbocycles. The van der Waals surface area contributed by atoms with Crippen LogP contribution in [0, 0.1) is 5.41 Å². The molecule has 1 heterocycles. The van der Waals surface area contributed by atoms with Gasteiger partial charge in [0.25, 0.3) is 10.0 Å². The summed E-state index contributed by atoms with van der Waals surface area (Å²) in [6, 6.07) is 3.16. The van der Waals surface area contributed by atoms with Crippen molar-refractivity contribution in [1.29, 1.82) is 0 Å². The van der Waals surface area contributed by atoms with Crippen LogP contribution < -0.4 is 10.0 Å². The Hall–Kier alpha value is -0.850. The monoisotopic (exact) mass is 258 g/mol. The highest BCUT2D eigenvalue weighted by Crippen LogP contribution is 2.44. The third-order valence-corrected chi connectivity index (χ3v) is 4.32. The molecule has 0 aromatic carbocycles. The lowest BCUT2D eigenvalue weighted by atomic mass is 10.2. The van der Waals surface area contributed by atoms with Crippen LogP contribution in [-0.2, 0) is 16.6 Å². The van der Waals surface area contributed by atoms with Gasteiger partial charge in [0.1, 0.15) is 5.76 Å². The highest BCUT2D eigenvalue weighted by molar-refractivity contribution is 7.89. The second-order valence-electron chi connectivity index (χ2n) is 4.89. The van der Waals surface area contributed by atoms with Crippen molar-refractivity contribution in [1.82, 2.24) is 10.0 Å². The van der Waals surface area contributed by atoms with Crippen LogP contribution in [0.1, 0.15) is 25.5 Å². The van der Waals surface area contributed by atoms with Gasteiger partial charge in [0.15, 0.2) is 0 Å². The Morgan fingerprint density at radius 1 is 1.41 bits per heavy atom. The molecule has 1 fully saturated rings. The van der Waals surface area contributed by atoms with E-state index in [4.69, 9.17) is 4.42 Å². The molecule has 0 saturated heterocycles. The Kier molecular flexibility index (Phi) is 3.29. The second-order valence-corrected chi connectivity index (χ2v) is 6.58. The van der Waals surface area contributed by atoms with Crippen LogP contribution >= 0.6 is 0 Å². The van der Waals surface area contributed by atoms with E-state index < -0.39 is 10.0 Å². The van der Waals surface area contributed by atoms with E-state index in [-0.39, 0.29) is 10.5 Å². The van der Waals surface area contributed by atoms with Gasteiger partial charge in [-0.25, -0.2) is 13.1 Å². The Morgan fingerprint density at radius 2 is 2.12 bits per heavy atom. The summed E-state index contributed by atoms with van der Waals surface area (Å²) < 4.78 is 31.7. The van der Waals surface area contributed by atoms with Crippen LogP contribution in [0.15, 0.2) is 21.6 Å². The lowest BCUT2D eigenvalue weighted by Gasteiger charge is -2.08. The Morgan fingerprint density at radius 3 is 2.71 bits per heavy atom. The molecule has 0 aliphatic heterocycles. The number of hydrogen-bond donors (Lipinski definition) is 2. The molecule has 96 valence electrons. The zero-order valence-electron chi connectivity index (χ0n) is 10.1. The number of furan rings is 1. The molecule has 1 aliphatic rings. The zero-order chi connectivity index (χ0) is 12.5. The largest absolute Gasteiger partial charge is 0.447 e. The maximum absolute atomic E-state index is 11.9. The van der Waals surface area contributed by atoms with E-state index in [0.29, 0.717) is 18.8 Å². The van der Waals surface area contributed by atoms with Crippen LogP contribution in [-0.4, -0.2) is 22.0 Å². The topological polar surface area (TPSA) is 71.3 Å². The van der Waals surface area contributed by atoms with Crippen molar-refractivity contribution in [3.05, 3.63) is 17.9 Å². The number of sulfonamides is 1. The molecule has 17 heavy (non-hydrogen) atoms. The maximum atomic E-state index is 11.9. The molecule has 0 radical (unpaired) electrons. The van der Waals surface area contributed by atoms with Crippen LogP contribution in [0.4, 0.5) is 0 Å². The summed E-state index contributed by atoms with van der Waals surface area (Å²) in [6.07, 6.45) is 2.16. The van der Waals surface area contributed by atoms with Gasteiger partial charge in [0.2, 0.25) is 5.09 Å². The first kappa shape index (κ1) is 12.6. The van der Waals surface area contributed by atoms with E-state index in [1.807, 2.05) is 0 Å². The molecule has 2 rings (SSSR count). The first-order chi connectivity index (χ1) is 7.95. The van der Waals surface area contributed by atoms with E-state index in [1.165, 1.54) is 6.07 Å². The molecule has 6 heteroatoms. The van der Waals surface area contributed by atoms with E-state index in [0.717, 1.165) is 12.8 Å². The molecule has 0 atom stereocenters. The fraction of sp³-hybridized carbons (Fsp3) is 0.636. The molecule has 5 nitrogen and oxygen atoms in total. The Balaban J connectivity index is 2.02. The molecule has 0 unspecified atom stereocenters. The van der Waals surface area contributed by atoms with Crippen LogP contribution in [0.5, 0.6) is 0 Å². The number of rotatable bonds is 6. The van der Waals surface area contributed by atoms with Gasteiger partial charge in [-0.3, -0.25) is 0 Å². The van der Waals surface area contributed by atoms with Crippen molar-refractivity contribution in [2.45, 2.75) is 31.4 Å². The summed E-state index contributed by atoms with van der Waals surface area (Å²) >= 11 is 0. The van der Waals surface area contributed by atoms with E-state index in [9.17, 15) is 8.42 Å². The van der Waals surface area contributed by atoms with Gasteiger partial charge in [-0.05, 0) is 37.4 Å². The summed E-state index contributed by atoms with van der Waals surface area (Å²) in [7, 11) is -1.71. The molecular weight excluding hydrogens is 240 g/mol. The quantitative estimate of drug-likeness (QED) is 0.801. The van der Waals surface area contributed by atoms with Gasteiger partial charge in [0, 0.05) is 6.54 Å². The Bertz CT molecular complexity index is 489. The predicted molar refractivity (Wildman–Crippen MR) is 64.0 cm³/mol. The molecular formula is C11H18N2O3S. The SMILES string of the molecule is CNCc1ccc(S(=O)(=O)NCC2(C)CC2)o1. The first-order valence-electron chi connectivity index (χ1n) is 5.68. The minimum absolute atomic E-state index is 0.00741. The molecule has 0 amide bonds. The van der Waals surface area contributed by atoms with Crippen molar-refractivity contribution in [2.75, 3.05) is 13.6 Å². The van der Waals surface area contributed by atoms with Gasteiger partial charge < -0.3 is 9.73 Å². The van der Waals surface area contributed by atoms with Gasteiger partial charge in [-0.2, -0.15) is 0 Å². The normalized spacial score (nSPS) is 18.2. The molecule has 1 aliphatic carbocycles. The predicted octanol–water partition coefficient (Wildman–Crippen LogP) is 1.08. The lowest BCUT2D eigenvalue weighted by Crippen LogP contribution is -2.28. The highest BCUT2D eigenvalue weighted by atomic mass is 32.2. The fourth-order valence-electron chi connectivity index (χ4n) is 1.50. The third kappa shape index (κ3) is 3.08. The smallest absolute Gasteiger partial charge is 0.273 e. The first-order valence-corrected chi connectivity index (χ1v) is 7.16. The number of nitrogens with one attached hydrogen (secondary N) is 2. The average Bonchev–Trinajstić information content (AvgIpc) is 2.81. The van der Waals surface area contributed by atoms with Crippen molar-refractivity contribution in [3.63, 3.8) is 0 Å². The van der Waals surface area contributed by atoms with Gasteiger partial charge >= 0.3 is 0 Å². The summed E-state index contributed by atoms with van der Waals surface area (Å²) in [5.74, 6) is 0.616. The number of hydrogen-bond acceptors (Lipinski definition) is 4. The Labute approximate surface area is 102 Å². The maximum Gasteiger partial charge on any atom is 0.273 e. The molecule has 1 aromatic rings. The van der Waals surface area contributed by atoms with Crippen molar-refractivity contribution < 1.29 is 12.8 Å². The standard InChI is InChI=1S/C11H18N2O3S/c1-11(5-6-11)8-13-17(14,15)10-4-3-9(16-10)7-12-2/h3-4,12-13H,5-8H2,1-2H3. The van der Waals surface area contributed by atoms with E-state index in [1.54, 1.807) is 13.1 Å². The summed E-state index contributed by atoms with van der Waals surface area (Å²) in [5.41, 5.74) is 0.146. The van der Waals surface area contributed by atoms with Crippen molar-refractivity contribution >= 4 is 10.0 Å². The average molecular weight is 258 g/mol. The van der Waals surface area contributed by atoms with Gasteiger partial charge in [-0.15, -0.1) is 0 Å². The minimum atomic E-state index is -3.50. The molecule has 0 bridgehead atoms. The third-order valence-electron chi connectivity index (χ3n) is 3.05. The van der Waals surface area contributed by atoms with E-state index >= 15 is 0 Å². The second kappa shape index (κ2) is 4.44. The van der Waals surface area contributed by atoms with E-state index in [2.05, 4.69) is 17.0 Å². The zero-order valence-corrected chi connectivity index (χ0v) is 10.9. The van der Waals surface area contributed by atoms with Crippen LogP contribution in [0.3, 0.4) is 0 Å². The summed E-state index contributed by atoms with van der Waals surface area (Å²) in [4.78, 5) is 0. The summed E-state index contributed by atoms with van der Waals surface area (Å²) in [5, 5.41) is 2.90. The minimum Gasteiger partial charge on any atom is -0.447 e.